The van der Waals surface area contributed by atoms with E-state index in [9.17, 15) is 18.0 Å². The fourth-order valence-electron chi connectivity index (χ4n) is 3.02. The Morgan fingerprint density at radius 1 is 1.13 bits per heavy atom. The number of rotatable bonds is 6. The van der Waals surface area contributed by atoms with Gasteiger partial charge in [0, 0.05) is 20.9 Å². The zero-order valence-corrected chi connectivity index (χ0v) is 16.7. The molecule has 7 nitrogen and oxygen atoms in total. The second kappa shape index (κ2) is 8.71. The fourth-order valence-corrected chi connectivity index (χ4v) is 3.48. The highest BCUT2D eigenvalue weighted by Gasteiger charge is 2.27. The molecule has 1 aliphatic carbocycles. The molecule has 0 bridgehead atoms. The van der Waals surface area contributed by atoms with Gasteiger partial charge in [-0.1, -0.05) is 18.2 Å². The van der Waals surface area contributed by atoms with Crippen molar-refractivity contribution in [2.75, 3.05) is 18.6 Å². The van der Waals surface area contributed by atoms with Gasteiger partial charge in [0.05, 0.1) is 21.5 Å². The molecule has 2 amide bonds. The molecule has 0 heterocycles. The van der Waals surface area contributed by atoms with Crippen molar-refractivity contribution in [3.8, 4) is 16.9 Å². The molecule has 1 aliphatic rings. The van der Waals surface area contributed by atoms with Gasteiger partial charge in [-0.15, -0.1) is 0 Å². The molecule has 2 aromatic rings. The van der Waals surface area contributed by atoms with Crippen LogP contribution in [0.4, 0.5) is 5.69 Å². The van der Waals surface area contributed by atoms with Crippen molar-refractivity contribution < 1.29 is 35.1 Å². The smallest absolute Gasteiger partial charge is 0.261 e. The number of benzene rings is 2. The molecule has 3 rings (SSSR count). The average Bonchev–Trinajstić information content (AvgIpc) is 3.25. The van der Waals surface area contributed by atoms with Crippen LogP contribution in [0.2, 0.25) is 0 Å². The Balaban J connectivity index is 2.14. The minimum Gasteiger partial charge on any atom is -0.497 e. The van der Waals surface area contributed by atoms with Gasteiger partial charge >= 0.3 is 0 Å². The third-order valence-corrected chi connectivity index (χ3v) is 4.89. The lowest BCUT2D eigenvalue weighted by Crippen LogP contribution is -2.31. The van der Waals surface area contributed by atoms with Gasteiger partial charge in [-0.25, -0.2) is 13.1 Å². The third-order valence-electron chi connectivity index (χ3n) is 4.34. The summed E-state index contributed by atoms with van der Waals surface area (Å²) in [5.41, 5.74) is -1.84. The summed E-state index contributed by atoms with van der Waals surface area (Å²) in [4.78, 5) is 25.5. The number of hydrogen-bond donors (Lipinski definition) is 2. The summed E-state index contributed by atoms with van der Waals surface area (Å²) in [6.07, 6.45) is 1.28. The number of carbonyl (C=O) groups excluding carboxylic acids is 2. The molecular weight excluding hydrogens is 404 g/mol. The number of hydrogen-bond acceptors (Lipinski definition) is 5. The molecule has 0 fully saturated rings. The maximum atomic E-state index is 13.1. The molecule has 2 aromatic carbocycles. The number of anilines is 1. The van der Waals surface area contributed by atoms with Crippen LogP contribution in [0.15, 0.2) is 53.5 Å². The lowest BCUT2D eigenvalue weighted by atomic mass is 10.0. The second-order valence-electron chi connectivity index (χ2n) is 6.60. The van der Waals surface area contributed by atoms with Gasteiger partial charge in [-0.2, -0.15) is 0 Å². The third kappa shape index (κ3) is 5.07. The van der Waals surface area contributed by atoms with Crippen LogP contribution in [0.5, 0.6) is 5.75 Å². The van der Waals surface area contributed by atoms with E-state index in [1.54, 1.807) is 4.72 Å². The SMILES string of the molecule is [2H]c1c([2H])c(-c2cccc(OC([2H])([2H])[2H])c2)c([2H])c(C([2H])([2H])[2H])c1NC(=O)C1=C(C(=O)NS(C)(=O)=O)CCC1. The van der Waals surface area contributed by atoms with E-state index in [2.05, 4.69) is 5.32 Å². The fraction of sp³-hybridized carbons (Fsp3) is 0.273. The van der Waals surface area contributed by atoms with Crippen LogP contribution in [-0.2, 0) is 19.6 Å². The maximum Gasteiger partial charge on any atom is 0.261 e. The minimum absolute atomic E-state index is 0.0434. The molecule has 0 spiro atoms. The number of amides is 2. The molecule has 30 heavy (non-hydrogen) atoms. The second-order valence-corrected chi connectivity index (χ2v) is 8.35. The molecule has 0 saturated carbocycles. The molecule has 0 radical (unpaired) electrons. The summed E-state index contributed by atoms with van der Waals surface area (Å²) >= 11 is 0. The number of carbonyl (C=O) groups is 2. The van der Waals surface area contributed by atoms with Gasteiger partial charge in [0.25, 0.3) is 11.8 Å². The Morgan fingerprint density at radius 3 is 2.60 bits per heavy atom. The summed E-state index contributed by atoms with van der Waals surface area (Å²) in [7, 11) is -6.71. The van der Waals surface area contributed by atoms with Crippen molar-refractivity contribution in [1.29, 1.82) is 0 Å². The highest BCUT2D eigenvalue weighted by molar-refractivity contribution is 7.89. The monoisotopic (exact) mass is 437 g/mol. The molecule has 158 valence electrons. The minimum atomic E-state index is -3.92. The maximum absolute atomic E-state index is 13.1. The first kappa shape index (κ1) is 12.5. The largest absolute Gasteiger partial charge is 0.497 e. The van der Waals surface area contributed by atoms with Gasteiger partial charge in [0.2, 0.25) is 10.0 Å². The highest BCUT2D eigenvalue weighted by atomic mass is 32.2. The molecule has 0 aromatic heterocycles. The number of ether oxygens (including phenoxy) is 1. The number of sulfonamides is 1. The van der Waals surface area contributed by atoms with Crippen LogP contribution in [0.3, 0.4) is 0 Å². The van der Waals surface area contributed by atoms with Gasteiger partial charge in [0.1, 0.15) is 5.75 Å². The zero-order valence-electron chi connectivity index (χ0n) is 24.9. The molecular formula is C22H24N2O5S. The van der Waals surface area contributed by atoms with Crippen molar-refractivity contribution in [3.63, 3.8) is 0 Å². The van der Waals surface area contributed by atoms with Crippen LogP contribution in [0.1, 0.15) is 37.2 Å². The molecule has 0 unspecified atom stereocenters. The van der Waals surface area contributed by atoms with Crippen LogP contribution in [-0.4, -0.2) is 33.5 Å². The summed E-state index contributed by atoms with van der Waals surface area (Å²) in [5.74, 6) is -2.11. The van der Waals surface area contributed by atoms with Gasteiger partial charge in [0.15, 0.2) is 0 Å². The number of nitrogens with one attached hydrogen (secondary N) is 2. The lowest BCUT2D eigenvalue weighted by Gasteiger charge is -2.13. The van der Waals surface area contributed by atoms with E-state index in [1.807, 2.05) is 0 Å². The number of methoxy groups -OCH3 is 1. The Kier molecular flexibility index (Phi) is 3.64. The van der Waals surface area contributed by atoms with E-state index >= 15 is 0 Å². The first-order chi connectivity index (χ1) is 17.8. The topological polar surface area (TPSA) is 102 Å². The van der Waals surface area contributed by atoms with Crippen LogP contribution >= 0.6 is 0 Å². The van der Waals surface area contributed by atoms with Crippen molar-refractivity contribution in [2.45, 2.75) is 26.1 Å². The summed E-state index contributed by atoms with van der Waals surface area (Å²) in [5, 5.41) is 2.26. The first-order valence-electron chi connectivity index (χ1n) is 13.3. The van der Waals surface area contributed by atoms with Crippen LogP contribution in [0.25, 0.3) is 11.1 Å². The standard InChI is InChI=1S/C22H24N2O5S/c1-14-12-16(15-6-4-7-17(13-15)29-2)10-11-20(14)23-21(25)18-8-5-9-19(18)22(26)24-30(3,27)28/h4,6-7,10-13H,5,8-9H2,1-3H3,(H,23,25)(H,24,26)/i1D3,2D3,10D,11D,12D. The summed E-state index contributed by atoms with van der Waals surface area (Å²) in [6, 6.07) is 3.21. The van der Waals surface area contributed by atoms with Gasteiger partial charge < -0.3 is 10.1 Å². The Labute approximate surface area is 188 Å². The predicted octanol–water partition coefficient (Wildman–Crippen LogP) is 3.17. The quantitative estimate of drug-likeness (QED) is 0.723. The Bertz CT molecular complexity index is 1480. The molecule has 2 N–H and O–H groups in total. The Morgan fingerprint density at radius 2 is 1.90 bits per heavy atom. The van der Waals surface area contributed by atoms with Crippen LogP contribution < -0.4 is 14.8 Å². The van der Waals surface area contributed by atoms with Gasteiger partial charge in [-0.3, -0.25) is 9.59 Å². The lowest BCUT2D eigenvalue weighted by molar-refractivity contribution is -0.117. The first-order valence-corrected chi connectivity index (χ1v) is 10.7. The molecule has 8 heteroatoms. The summed E-state index contributed by atoms with van der Waals surface area (Å²) < 4.78 is 101. The normalized spacial score (nSPS) is 19.0. The highest BCUT2D eigenvalue weighted by Crippen LogP contribution is 2.30. The van der Waals surface area contributed by atoms with Crippen molar-refractivity contribution in [2.24, 2.45) is 0 Å². The molecule has 0 atom stereocenters. The van der Waals surface area contributed by atoms with Crippen LogP contribution in [0, 0.1) is 6.85 Å². The van der Waals surface area contributed by atoms with E-state index in [-0.39, 0.29) is 40.9 Å². The molecule has 0 saturated heterocycles. The van der Waals surface area contributed by atoms with E-state index in [0.29, 0.717) is 6.42 Å². The van der Waals surface area contributed by atoms with Crippen molar-refractivity contribution in [1.82, 2.24) is 4.72 Å². The van der Waals surface area contributed by atoms with E-state index in [0.717, 1.165) is 6.26 Å². The Hall–Kier alpha value is -3.13. The van der Waals surface area contributed by atoms with Crippen molar-refractivity contribution >= 4 is 27.5 Å². The average molecular weight is 438 g/mol. The predicted molar refractivity (Wildman–Crippen MR) is 116 cm³/mol. The van der Waals surface area contributed by atoms with E-state index < -0.39 is 65.1 Å². The van der Waals surface area contributed by atoms with Crippen molar-refractivity contribution in [3.05, 3.63) is 59.1 Å². The van der Waals surface area contributed by atoms with Gasteiger partial charge in [-0.05, 0) is 67.0 Å². The zero-order chi connectivity index (χ0) is 29.5. The molecule has 0 aliphatic heterocycles. The van der Waals surface area contributed by atoms with E-state index in [4.69, 9.17) is 17.1 Å². The summed E-state index contributed by atoms with van der Waals surface area (Å²) in [6.45, 7) is -3.04. The van der Waals surface area contributed by atoms with E-state index in [1.165, 1.54) is 24.3 Å².